The molecule has 0 aliphatic carbocycles. The summed E-state index contributed by atoms with van der Waals surface area (Å²) in [5, 5.41) is 3.37. The third kappa shape index (κ3) is 4.82. The Morgan fingerprint density at radius 1 is 1.32 bits per heavy atom. The predicted molar refractivity (Wildman–Crippen MR) is 94.3 cm³/mol. The number of hydrogen-bond donors (Lipinski definition) is 1. The Bertz CT molecular complexity index is 872. The summed E-state index contributed by atoms with van der Waals surface area (Å²) in [5.41, 5.74) is 1.81. The van der Waals surface area contributed by atoms with Crippen LogP contribution in [0.2, 0.25) is 0 Å². The van der Waals surface area contributed by atoms with Gasteiger partial charge in [0, 0.05) is 17.4 Å². The second-order valence-electron chi connectivity index (χ2n) is 6.06. The van der Waals surface area contributed by atoms with Gasteiger partial charge in [-0.25, -0.2) is 18.4 Å². The van der Waals surface area contributed by atoms with Crippen LogP contribution in [0, 0.1) is 13.8 Å². The van der Waals surface area contributed by atoms with Gasteiger partial charge in [0.25, 0.3) is 5.91 Å². The predicted octanol–water partition coefficient (Wildman–Crippen LogP) is 1.90. The monoisotopic (exact) mass is 381 g/mol. The van der Waals surface area contributed by atoms with Crippen LogP contribution in [-0.2, 0) is 15.6 Å². The quantitative estimate of drug-likeness (QED) is 0.623. The van der Waals surface area contributed by atoms with E-state index in [-0.39, 0.29) is 29.2 Å². The minimum absolute atomic E-state index is 0.00773. The van der Waals surface area contributed by atoms with Gasteiger partial charge in [0.2, 0.25) is 0 Å². The van der Waals surface area contributed by atoms with Crippen molar-refractivity contribution in [2.45, 2.75) is 37.2 Å². The Kier molecular flexibility index (Phi) is 5.14. The van der Waals surface area contributed by atoms with Crippen molar-refractivity contribution in [3.05, 3.63) is 41.1 Å². The van der Waals surface area contributed by atoms with Crippen LogP contribution in [0.15, 0.2) is 27.8 Å². The number of rotatable bonds is 5. The first kappa shape index (κ1) is 17.9. The molecule has 1 fully saturated rings. The van der Waals surface area contributed by atoms with Gasteiger partial charge in [-0.1, -0.05) is 11.8 Å². The number of thioether (sulfide) groups is 1. The molecule has 2 aromatic heterocycles. The van der Waals surface area contributed by atoms with E-state index >= 15 is 0 Å². The molecule has 1 amide bonds. The fourth-order valence-electron chi connectivity index (χ4n) is 2.64. The molecule has 134 valence electrons. The maximum Gasteiger partial charge on any atom is 0.287 e. The summed E-state index contributed by atoms with van der Waals surface area (Å²) < 4.78 is 28.4. The Balaban J connectivity index is 1.57. The summed E-state index contributed by atoms with van der Waals surface area (Å²) in [6.45, 7) is 3.83. The zero-order valence-electron chi connectivity index (χ0n) is 14.0. The molecule has 25 heavy (non-hydrogen) atoms. The standard InChI is InChI=1S/C16H19N3O4S2/c1-10-7-11(2)18-16(17-10)24-8-13-3-4-14(23-13)15(20)19-12-5-6-25(21,22)9-12/h3-4,7,12H,5-6,8-9H2,1-2H3,(H,19,20). The number of aryl methyl sites for hydroxylation is 2. The van der Waals surface area contributed by atoms with E-state index in [1.807, 2.05) is 19.9 Å². The minimum Gasteiger partial charge on any atom is -0.455 e. The molecule has 0 bridgehead atoms. The minimum atomic E-state index is -3.03. The highest BCUT2D eigenvalue weighted by molar-refractivity contribution is 7.98. The van der Waals surface area contributed by atoms with Crippen LogP contribution < -0.4 is 5.32 Å². The highest BCUT2D eigenvalue weighted by Gasteiger charge is 2.29. The second kappa shape index (κ2) is 7.17. The molecule has 1 atom stereocenters. The maximum atomic E-state index is 12.2. The van der Waals surface area contributed by atoms with Gasteiger partial charge in [0.1, 0.15) is 5.76 Å². The number of sulfone groups is 1. The number of carbonyl (C=O) groups is 1. The van der Waals surface area contributed by atoms with Crippen molar-refractivity contribution in [1.82, 2.24) is 15.3 Å². The van der Waals surface area contributed by atoms with Crippen LogP contribution in [0.25, 0.3) is 0 Å². The van der Waals surface area contributed by atoms with Gasteiger partial charge in [-0.3, -0.25) is 4.79 Å². The molecule has 1 unspecified atom stereocenters. The summed E-state index contributed by atoms with van der Waals surface area (Å²) in [6, 6.07) is 4.89. The van der Waals surface area contributed by atoms with Gasteiger partial charge in [0.05, 0.1) is 17.3 Å². The normalized spacial score (nSPS) is 19.0. The number of hydrogen-bond acceptors (Lipinski definition) is 7. The molecule has 1 saturated heterocycles. The smallest absolute Gasteiger partial charge is 0.287 e. The van der Waals surface area contributed by atoms with Crippen LogP contribution in [0.3, 0.4) is 0 Å². The van der Waals surface area contributed by atoms with Gasteiger partial charge >= 0.3 is 0 Å². The van der Waals surface area contributed by atoms with Crippen LogP contribution in [0.4, 0.5) is 0 Å². The summed E-state index contributed by atoms with van der Waals surface area (Å²) in [5.74, 6) is 1.05. The lowest BCUT2D eigenvalue weighted by Gasteiger charge is -2.08. The van der Waals surface area contributed by atoms with E-state index < -0.39 is 9.84 Å². The van der Waals surface area contributed by atoms with E-state index in [0.717, 1.165) is 11.4 Å². The van der Waals surface area contributed by atoms with Crippen molar-refractivity contribution in [2.24, 2.45) is 0 Å². The van der Waals surface area contributed by atoms with Crippen molar-refractivity contribution in [1.29, 1.82) is 0 Å². The fourth-order valence-corrected chi connectivity index (χ4v) is 5.15. The first-order chi connectivity index (χ1) is 11.8. The van der Waals surface area contributed by atoms with Gasteiger partial charge in [-0.2, -0.15) is 0 Å². The number of amides is 1. The van der Waals surface area contributed by atoms with Crippen molar-refractivity contribution in [2.75, 3.05) is 11.5 Å². The molecule has 9 heteroatoms. The van der Waals surface area contributed by atoms with E-state index in [4.69, 9.17) is 4.42 Å². The number of carbonyl (C=O) groups excluding carboxylic acids is 1. The lowest BCUT2D eigenvalue weighted by Crippen LogP contribution is -2.35. The lowest BCUT2D eigenvalue weighted by molar-refractivity contribution is 0.0911. The van der Waals surface area contributed by atoms with Gasteiger partial charge in [-0.15, -0.1) is 0 Å². The summed E-state index contributed by atoms with van der Waals surface area (Å²) in [6.07, 6.45) is 0.446. The molecule has 0 aromatic carbocycles. The third-order valence-corrected chi connectivity index (χ3v) is 6.40. The lowest BCUT2D eigenvalue weighted by atomic mass is 10.2. The molecule has 0 radical (unpaired) electrons. The van der Waals surface area contributed by atoms with Crippen LogP contribution >= 0.6 is 11.8 Å². The second-order valence-corrected chi connectivity index (χ2v) is 9.23. The van der Waals surface area contributed by atoms with Crippen LogP contribution in [0.5, 0.6) is 0 Å². The van der Waals surface area contributed by atoms with Gasteiger partial charge in [0.15, 0.2) is 20.8 Å². The van der Waals surface area contributed by atoms with E-state index in [1.165, 1.54) is 11.8 Å². The fraction of sp³-hybridized carbons (Fsp3) is 0.438. The van der Waals surface area contributed by atoms with Crippen molar-refractivity contribution >= 4 is 27.5 Å². The van der Waals surface area contributed by atoms with Gasteiger partial charge < -0.3 is 9.73 Å². The summed E-state index contributed by atoms with van der Waals surface area (Å²) >= 11 is 1.43. The van der Waals surface area contributed by atoms with Crippen molar-refractivity contribution < 1.29 is 17.6 Å². The number of nitrogens with one attached hydrogen (secondary N) is 1. The molecule has 3 heterocycles. The highest BCUT2D eigenvalue weighted by Crippen LogP contribution is 2.21. The van der Waals surface area contributed by atoms with E-state index in [2.05, 4.69) is 15.3 Å². The molecule has 3 rings (SSSR count). The summed E-state index contributed by atoms with van der Waals surface area (Å²) in [4.78, 5) is 20.9. The molecule has 1 N–H and O–H groups in total. The van der Waals surface area contributed by atoms with E-state index in [1.54, 1.807) is 12.1 Å². The Hall–Kier alpha value is -1.87. The molecule has 1 aliphatic rings. The third-order valence-electron chi connectivity index (χ3n) is 3.76. The molecule has 2 aromatic rings. The molecule has 0 saturated carbocycles. The molecular formula is C16H19N3O4S2. The SMILES string of the molecule is Cc1cc(C)nc(SCc2ccc(C(=O)NC3CCS(=O)(=O)C3)o2)n1. The topological polar surface area (TPSA) is 102 Å². The number of nitrogens with zero attached hydrogens (tertiary/aromatic N) is 2. The molecule has 7 nitrogen and oxygen atoms in total. The summed E-state index contributed by atoms with van der Waals surface area (Å²) in [7, 11) is -3.03. The zero-order chi connectivity index (χ0) is 18.0. The van der Waals surface area contributed by atoms with Crippen LogP contribution in [-0.4, -0.2) is 41.8 Å². The van der Waals surface area contributed by atoms with Crippen molar-refractivity contribution in [3.8, 4) is 0 Å². The molecular weight excluding hydrogens is 362 g/mol. The number of furan rings is 1. The zero-order valence-corrected chi connectivity index (χ0v) is 15.6. The average molecular weight is 381 g/mol. The largest absolute Gasteiger partial charge is 0.455 e. The Morgan fingerprint density at radius 2 is 2.04 bits per heavy atom. The Morgan fingerprint density at radius 3 is 2.68 bits per heavy atom. The first-order valence-electron chi connectivity index (χ1n) is 7.86. The highest BCUT2D eigenvalue weighted by atomic mass is 32.2. The van der Waals surface area contributed by atoms with Crippen LogP contribution in [0.1, 0.15) is 34.1 Å². The van der Waals surface area contributed by atoms with Crippen molar-refractivity contribution in [3.63, 3.8) is 0 Å². The molecule has 0 spiro atoms. The molecule has 1 aliphatic heterocycles. The number of aromatic nitrogens is 2. The average Bonchev–Trinajstić information content (AvgIpc) is 3.11. The Labute approximate surface area is 150 Å². The van der Waals surface area contributed by atoms with E-state index in [0.29, 0.717) is 23.1 Å². The first-order valence-corrected chi connectivity index (χ1v) is 10.7. The van der Waals surface area contributed by atoms with E-state index in [9.17, 15) is 13.2 Å². The van der Waals surface area contributed by atoms with Gasteiger partial charge in [-0.05, 0) is 38.5 Å². The maximum absolute atomic E-state index is 12.2.